The zero-order chi connectivity index (χ0) is 20.6. The van der Waals surface area contributed by atoms with Crippen LogP contribution in [-0.4, -0.2) is 24.1 Å². The molecule has 0 saturated carbocycles. The maximum atomic E-state index is 13.0. The molecule has 0 saturated heterocycles. The molecule has 150 valence electrons. The molecule has 0 aliphatic carbocycles. The van der Waals surface area contributed by atoms with E-state index in [1.54, 1.807) is 19.1 Å². The summed E-state index contributed by atoms with van der Waals surface area (Å²) in [6.45, 7) is 2.45. The summed E-state index contributed by atoms with van der Waals surface area (Å²) in [5.74, 6) is -0.447. The second-order valence-electron chi connectivity index (χ2n) is 5.74. The van der Waals surface area contributed by atoms with E-state index >= 15 is 0 Å². The monoisotopic (exact) mass is 412 g/mol. The van der Waals surface area contributed by atoms with E-state index in [0.717, 1.165) is 17.7 Å². The summed E-state index contributed by atoms with van der Waals surface area (Å²) in [6.07, 6.45) is -4.45. The summed E-state index contributed by atoms with van der Waals surface area (Å²) in [6, 6.07) is 5.41. The molecule has 2 aromatic rings. The first kappa shape index (κ1) is 21.7. The first-order chi connectivity index (χ1) is 13.3. The molecule has 0 spiro atoms. The van der Waals surface area contributed by atoms with Crippen LogP contribution in [0.4, 0.5) is 13.2 Å². The average molecular weight is 412 g/mol. The molecule has 0 fully saturated rings. The normalized spacial score (nSPS) is 12.2. The van der Waals surface area contributed by atoms with Crippen LogP contribution in [0.15, 0.2) is 29.0 Å². The number of nitrogens with zero attached hydrogens (tertiary/aromatic N) is 2. The topological polar surface area (TPSA) is 87.0 Å². The van der Waals surface area contributed by atoms with Crippen LogP contribution in [0.5, 0.6) is 5.88 Å². The van der Waals surface area contributed by atoms with Gasteiger partial charge < -0.3 is 10.1 Å². The van der Waals surface area contributed by atoms with Gasteiger partial charge in [-0.05, 0) is 29.0 Å². The highest BCUT2D eigenvalue weighted by atomic mass is 32.1. The number of carbonyl (C=O) groups excluding carboxylic acids is 1. The molecule has 28 heavy (non-hydrogen) atoms. The predicted octanol–water partition coefficient (Wildman–Crippen LogP) is 3.62. The van der Waals surface area contributed by atoms with Gasteiger partial charge in [0, 0.05) is 24.9 Å². The summed E-state index contributed by atoms with van der Waals surface area (Å²) < 4.78 is 44.6. The van der Waals surface area contributed by atoms with Gasteiger partial charge in [-0.25, -0.2) is 4.98 Å². The fourth-order valence-corrected chi connectivity index (χ4v) is 2.97. The van der Waals surface area contributed by atoms with E-state index in [4.69, 9.17) is 4.74 Å². The molecule has 10 heteroatoms. The smallest absolute Gasteiger partial charge is 0.433 e. The highest BCUT2D eigenvalue weighted by molar-refractivity contribution is 7.07. The third kappa shape index (κ3) is 6.21. The molecular weight excluding hydrogens is 393 g/mol. The molecule has 1 amide bonds. The van der Waals surface area contributed by atoms with Crippen LogP contribution in [0, 0.1) is 11.3 Å². The lowest BCUT2D eigenvalue weighted by Gasteiger charge is -2.19. The third-order valence-electron chi connectivity index (χ3n) is 3.75. The summed E-state index contributed by atoms with van der Waals surface area (Å²) in [5, 5.41) is 18.5. The van der Waals surface area contributed by atoms with Gasteiger partial charge in [0.25, 0.3) is 0 Å². The van der Waals surface area contributed by atoms with Gasteiger partial charge in [0.1, 0.15) is 23.4 Å². The highest BCUT2D eigenvalue weighted by Crippen LogP contribution is 2.32. The van der Waals surface area contributed by atoms with Crippen molar-refractivity contribution in [2.75, 3.05) is 13.2 Å². The molecule has 1 atom stereocenters. The van der Waals surface area contributed by atoms with E-state index < -0.39 is 18.0 Å². The second kappa shape index (κ2) is 10.1. The van der Waals surface area contributed by atoms with Crippen molar-refractivity contribution < 1.29 is 22.7 Å². The van der Waals surface area contributed by atoms with Crippen molar-refractivity contribution in [2.45, 2.75) is 32.0 Å². The van der Waals surface area contributed by atoms with Gasteiger partial charge in [0.2, 0.25) is 11.8 Å². The van der Waals surface area contributed by atoms with E-state index in [9.17, 15) is 23.2 Å². The van der Waals surface area contributed by atoms with Gasteiger partial charge in [0.15, 0.2) is 0 Å². The molecular formula is C18H19F3N4O2S. The summed E-state index contributed by atoms with van der Waals surface area (Å²) in [4.78, 5) is 14.7. The Labute approximate surface area is 164 Å². The molecule has 2 heterocycles. The standard InChI is InChI=1S/C18H19F3N4O2S/c1-2-16(26)24-11-23-7-5-14(13-6-8-28-10-13)27-17-12(9-22)3-4-15(25-17)18(19,20)21/h3-4,6,8,10,14,23H,2,5,7,11H2,1H3,(H,24,26)/t14-/m1/s1. The molecule has 0 aliphatic heterocycles. The van der Waals surface area contributed by atoms with Crippen LogP contribution in [0.3, 0.4) is 0 Å². The first-order valence-corrected chi connectivity index (χ1v) is 9.44. The highest BCUT2D eigenvalue weighted by Gasteiger charge is 2.33. The predicted molar refractivity (Wildman–Crippen MR) is 97.6 cm³/mol. The Balaban J connectivity index is 2.11. The lowest BCUT2D eigenvalue weighted by atomic mass is 10.1. The number of alkyl halides is 3. The summed E-state index contributed by atoms with van der Waals surface area (Å²) >= 11 is 1.42. The number of halogens is 3. The van der Waals surface area contributed by atoms with Crippen LogP contribution in [0.25, 0.3) is 0 Å². The SMILES string of the molecule is CCC(=O)NCNCC[C@@H](Oc1nc(C(F)(F)F)ccc1C#N)c1ccsc1. The third-order valence-corrected chi connectivity index (χ3v) is 4.46. The largest absolute Gasteiger partial charge is 0.468 e. The number of nitriles is 1. The number of nitrogens with one attached hydrogen (secondary N) is 2. The van der Waals surface area contributed by atoms with Gasteiger partial charge >= 0.3 is 6.18 Å². The molecule has 0 aromatic carbocycles. The summed E-state index contributed by atoms with van der Waals surface area (Å²) in [5.41, 5.74) is -0.421. The van der Waals surface area contributed by atoms with Gasteiger partial charge in [-0.3, -0.25) is 10.1 Å². The number of hydrogen-bond donors (Lipinski definition) is 2. The maximum Gasteiger partial charge on any atom is 0.433 e. The van der Waals surface area contributed by atoms with Crippen molar-refractivity contribution in [3.8, 4) is 11.9 Å². The molecule has 0 aliphatic rings. The number of aromatic nitrogens is 1. The number of thiophene rings is 1. The summed E-state index contributed by atoms with van der Waals surface area (Å²) in [7, 11) is 0. The molecule has 2 N–H and O–H groups in total. The molecule has 0 radical (unpaired) electrons. The van der Waals surface area contributed by atoms with Crippen molar-refractivity contribution in [1.29, 1.82) is 5.26 Å². The Morgan fingerprint density at radius 1 is 1.39 bits per heavy atom. The first-order valence-electron chi connectivity index (χ1n) is 8.49. The van der Waals surface area contributed by atoms with Crippen LogP contribution >= 0.6 is 11.3 Å². The maximum absolute atomic E-state index is 13.0. The number of carbonyl (C=O) groups is 1. The van der Waals surface area contributed by atoms with Crippen molar-refractivity contribution in [1.82, 2.24) is 15.6 Å². The number of ether oxygens (including phenoxy) is 1. The molecule has 6 nitrogen and oxygen atoms in total. The fraction of sp³-hybridized carbons (Fsp3) is 0.389. The van der Waals surface area contributed by atoms with Gasteiger partial charge in [-0.1, -0.05) is 6.92 Å². The zero-order valence-corrected chi connectivity index (χ0v) is 15.9. The van der Waals surface area contributed by atoms with Crippen molar-refractivity contribution in [3.05, 3.63) is 45.8 Å². The van der Waals surface area contributed by atoms with E-state index in [1.165, 1.54) is 11.3 Å². The Morgan fingerprint density at radius 2 is 2.18 bits per heavy atom. The average Bonchev–Trinajstić information content (AvgIpc) is 3.20. The van der Waals surface area contributed by atoms with E-state index in [-0.39, 0.29) is 24.0 Å². The second-order valence-corrected chi connectivity index (χ2v) is 6.52. The lowest BCUT2D eigenvalue weighted by Crippen LogP contribution is -2.34. The number of rotatable bonds is 9. The zero-order valence-electron chi connectivity index (χ0n) is 15.0. The Kier molecular flexibility index (Phi) is 7.78. The lowest BCUT2D eigenvalue weighted by molar-refractivity contribution is -0.141. The minimum Gasteiger partial charge on any atom is -0.468 e. The van der Waals surface area contributed by atoms with Gasteiger partial charge in [-0.15, -0.1) is 0 Å². The van der Waals surface area contributed by atoms with Crippen LogP contribution in [0.1, 0.15) is 42.7 Å². The number of hydrogen-bond acceptors (Lipinski definition) is 6. The van der Waals surface area contributed by atoms with E-state index in [0.29, 0.717) is 19.4 Å². The van der Waals surface area contributed by atoms with Gasteiger partial charge in [-0.2, -0.15) is 29.8 Å². The van der Waals surface area contributed by atoms with Crippen LogP contribution in [-0.2, 0) is 11.0 Å². The number of pyridine rings is 1. The van der Waals surface area contributed by atoms with Crippen molar-refractivity contribution >= 4 is 17.2 Å². The molecule has 2 rings (SSSR count). The Hall–Kier alpha value is -2.64. The van der Waals surface area contributed by atoms with E-state index in [2.05, 4.69) is 15.6 Å². The molecule has 0 unspecified atom stereocenters. The van der Waals surface area contributed by atoms with E-state index in [1.807, 2.05) is 10.8 Å². The minimum atomic E-state index is -4.64. The fourth-order valence-electron chi connectivity index (χ4n) is 2.27. The number of amides is 1. The Morgan fingerprint density at radius 3 is 2.79 bits per heavy atom. The van der Waals surface area contributed by atoms with Crippen LogP contribution < -0.4 is 15.4 Å². The molecule has 0 bridgehead atoms. The van der Waals surface area contributed by atoms with Gasteiger partial charge in [0.05, 0.1) is 6.67 Å². The Bertz CT molecular complexity index is 819. The minimum absolute atomic E-state index is 0.0728. The van der Waals surface area contributed by atoms with Crippen LogP contribution in [0.2, 0.25) is 0 Å². The quantitative estimate of drug-likeness (QED) is 0.485. The molecule has 2 aromatic heterocycles. The van der Waals surface area contributed by atoms with Crippen molar-refractivity contribution in [2.24, 2.45) is 0 Å². The van der Waals surface area contributed by atoms with Crippen molar-refractivity contribution in [3.63, 3.8) is 0 Å².